The second kappa shape index (κ2) is 8.24. The zero-order valence-corrected chi connectivity index (χ0v) is 17.7. The molecule has 1 heterocycles. The topological polar surface area (TPSA) is 84.6 Å². The molecule has 31 heavy (non-hydrogen) atoms. The van der Waals surface area contributed by atoms with Crippen molar-refractivity contribution in [3.63, 3.8) is 0 Å². The van der Waals surface area contributed by atoms with E-state index in [0.717, 1.165) is 11.1 Å². The zero-order valence-electron chi connectivity index (χ0n) is 17.7. The van der Waals surface area contributed by atoms with Crippen LogP contribution in [0, 0.1) is 6.92 Å². The number of aromatic nitrogens is 1. The summed E-state index contributed by atoms with van der Waals surface area (Å²) in [6.07, 6.45) is 0. The first-order valence-electron chi connectivity index (χ1n) is 10.0. The summed E-state index contributed by atoms with van der Waals surface area (Å²) >= 11 is 0. The largest absolute Gasteiger partial charge is 0.483 e. The third kappa shape index (κ3) is 4.59. The van der Waals surface area contributed by atoms with Crippen LogP contribution in [-0.4, -0.2) is 22.6 Å². The molecule has 0 aliphatic heterocycles. The summed E-state index contributed by atoms with van der Waals surface area (Å²) in [6, 6.07) is 20.3. The van der Waals surface area contributed by atoms with Crippen LogP contribution >= 0.6 is 0 Å². The lowest BCUT2D eigenvalue weighted by Crippen LogP contribution is -2.20. The smallest absolute Gasteiger partial charge is 0.262 e. The van der Waals surface area contributed by atoms with E-state index in [0.29, 0.717) is 34.0 Å². The molecular formula is C25H24N2O4. The summed E-state index contributed by atoms with van der Waals surface area (Å²) in [7, 11) is 0. The maximum Gasteiger partial charge on any atom is 0.262 e. The number of aryl methyl sites for hydroxylation is 1. The SMILES string of the molecule is Cc1ccccc1OCC(=O)Nc1ccc(-c2nc3cccc(C(C)(C)O)c3o2)cc1. The minimum atomic E-state index is -1.04. The van der Waals surface area contributed by atoms with E-state index in [4.69, 9.17) is 9.15 Å². The van der Waals surface area contributed by atoms with Crippen LogP contribution in [0.2, 0.25) is 0 Å². The molecule has 0 aliphatic carbocycles. The van der Waals surface area contributed by atoms with Gasteiger partial charge in [-0.05, 0) is 62.7 Å². The van der Waals surface area contributed by atoms with Gasteiger partial charge in [-0.25, -0.2) is 4.98 Å². The molecule has 4 rings (SSSR count). The highest BCUT2D eigenvalue weighted by molar-refractivity contribution is 5.92. The number of fused-ring (bicyclic) bond motifs is 1. The van der Waals surface area contributed by atoms with Gasteiger partial charge in [0.05, 0.1) is 5.60 Å². The number of nitrogens with one attached hydrogen (secondary N) is 1. The Hall–Kier alpha value is -3.64. The summed E-state index contributed by atoms with van der Waals surface area (Å²) in [5.74, 6) is 0.898. The summed E-state index contributed by atoms with van der Waals surface area (Å²) in [5.41, 5.74) is 3.29. The van der Waals surface area contributed by atoms with Crippen LogP contribution in [-0.2, 0) is 10.4 Å². The van der Waals surface area contributed by atoms with Gasteiger partial charge in [0.2, 0.25) is 5.89 Å². The van der Waals surface area contributed by atoms with Crippen molar-refractivity contribution in [3.05, 3.63) is 77.9 Å². The van der Waals surface area contributed by atoms with Gasteiger partial charge in [0.25, 0.3) is 5.91 Å². The second-order valence-corrected chi connectivity index (χ2v) is 7.91. The summed E-state index contributed by atoms with van der Waals surface area (Å²) in [4.78, 5) is 16.7. The summed E-state index contributed by atoms with van der Waals surface area (Å²) in [6.45, 7) is 5.29. The Morgan fingerprint density at radius 3 is 2.52 bits per heavy atom. The number of hydrogen-bond donors (Lipinski definition) is 2. The van der Waals surface area contributed by atoms with E-state index in [1.54, 1.807) is 26.0 Å². The third-order valence-corrected chi connectivity index (χ3v) is 4.94. The van der Waals surface area contributed by atoms with Crippen molar-refractivity contribution < 1.29 is 19.1 Å². The van der Waals surface area contributed by atoms with Crippen molar-refractivity contribution in [2.75, 3.05) is 11.9 Å². The molecular weight excluding hydrogens is 392 g/mol. The maximum absolute atomic E-state index is 12.2. The quantitative estimate of drug-likeness (QED) is 0.460. The number of aliphatic hydroxyl groups is 1. The Balaban J connectivity index is 1.46. The molecule has 6 heteroatoms. The van der Waals surface area contributed by atoms with Gasteiger partial charge in [0.15, 0.2) is 12.2 Å². The Morgan fingerprint density at radius 2 is 1.81 bits per heavy atom. The average Bonchev–Trinajstić information content (AvgIpc) is 3.17. The first kappa shape index (κ1) is 20.6. The van der Waals surface area contributed by atoms with Gasteiger partial charge in [-0.2, -0.15) is 0 Å². The summed E-state index contributed by atoms with van der Waals surface area (Å²) in [5, 5.41) is 13.2. The molecule has 4 aromatic rings. The van der Waals surface area contributed by atoms with Gasteiger partial charge >= 0.3 is 0 Å². The average molecular weight is 416 g/mol. The lowest BCUT2D eigenvalue weighted by atomic mass is 9.98. The van der Waals surface area contributed by atoms with E-state index in [2.05, 4.69) is 10.3 Å². The number of ether oxygens (including phenoxy) is 1. The van der Waals surface area contributed by atoms with Gasteiger partial charge in [-0.15, -0.1) is 0 Å². The minimum Gasteiger partial charge on any atom is -0.483 e. The van der Waals surface area contributed by atoms with Crippen LogP contribution < -0.4 is 10.1 Å². The first-order chi connectivity index (χ1) is 14.8. The van der Waals surface area contributed by atoms with Crippen molar-refractivity contribution in [1.29, 1.82) is 0 Å². The number of nitrogens with zero attached hydrogens (tertiary/aromatic N) is 1. The van der Waals surface area contributed by atoms with E-state index < -0.39 is 5.60 Å². The fraction of sp³-hybridized carbons (Fsp3) is 0.200. The molecule has 1 amide bonds. The lowest BCUT2D eigenvalue weighted by Gasteiger charge is -2.17. The number of carbonyl (C=O) groups is 1. The van der Waals surface area contributed by atoms with Crippen molar-refractivity contribution in [1.82, 2.24) is 4.98 Å². The molecule has 158 valence electrons. The van der Waals surface area contributed by atoms with Crippen molar-refractivity contribution in [2.24, 2.45) is 0 Å². The molecule has 2 N–H and O–H groups in total. The van der Waals surface area contributed by atoms with Crippen molar-refractivity contribution in [2.45, 2.75) is 26.4 Å². The van der Waals surface area contributed by atoms with E-state index >= 15 is 0 Å². The molecule has 0 unspecified atom stereocenters. The van der Waals surface area contributed by atoms with Crippen molar-refractivity contribution >= 4 is 22.7 Å². The monoisotopic (exact) mass is 416 g/mol. The predicted molar refractivity (Wildman–Crippen MR) is 120 cm³/mol. The number of rotatable bonds is 6. The van der Waals surface area contributed by atoms with E-state index in [9.17, 15) is 9.90 Å². The molecule has 0 spiro atoms. The van der Waals surface area contributed by atoms with Crippen molar-refractivity contribution in [3.8, 4) is 17.2 Å². The standard InChI is InChI=1S/C25H24N2O4/c1-16-7-4-5-10-21(16)30-15-22(28)26-18-13-11-17(12-14-18)24-27-20-9-6-8-19(23(20)31-24)25(2,3)29/h4-14,29H,15H2,1-3H3,(H,26,28). The van der Waals surface area contributed by atoms with Crippen LogP contribution in [0.1, 0.15) is 25.0 Å². The summed E-state index contributed by atoms with van der Waals surface area (Å²) < 4.78 is 11.5. The number of para-hydroxylation sites is 2. The highest BCUT2D eigenvalue weighted by Gasteiger charge is 2.22. The molecule has 3 aromatic carbocycles. The Kier molecular flexibility index (Phi) is 5.48. The number of benzene rings is 3. The molecule has 0 saturated carbocycles. The number of oxazole rings is 1. The fourth-order valence-electron chi connectivity index (χ4n) is 3.31. The number of anilines is 1. The molecule has 0 fully saturated rings. The molecule has 1 aromatic heterocycles. The highest BCUT2D eigenvalue weighted by atomic mass is 16.5. The van der Waals surface area contributed by atoms with Gasteiger partial charge in [-0.3, -0.25) is 4.79 Å². The van der Waals surface area contributed by atoms with Crippen LogP contribution in [0.4, 0.5) is 5.69 Å². The molecule has 6 nitrogen and oxygen atoms in total. The van der Waals surface area contributed by atoms with Crippen LogP contribution in [0.5, 0.6) is 5.75 Å². The highest BCUT2D eigenvalue weighted by Crippen LogP contribution is 2.32. The zero-order chi connectivity index (χ0) is 22.0. The molecule has 0 bridgehead atoms. The molecule has 0 saturated heterocycles. The van der Waals surface area contributed by atoms with E-state index in [1.807, 2.05) is 61.5 Å². The molecule has 0 atom stereocenters. The Bertz CT molecular complexity index is 1220. The van der Waals surface area contributed by atoms with Gasteiger partial charge in [0, 0.05) is 16.8 Å². The normalized spacial score (nSPS) is 11.5. The minimum absolute atomic E-state index is 0.0720. The van der Waals surface area contributed by atoms with E-state index in [-0.39, 0.29) is 12.5 Å². The van der Waals surface area contributed by atoms with E-state index in [1.165, 1.54) is 0 Å². The van der Waals surface area contributed by atoms with Crippen LogP contribution in [0.15, 0.2) is 71.1 Å². The first-order valence-corrected chi connectivity index (χ1v) is 10.0. The van der Waals surface area contributed by atoms with Crippen LogP contribution in [0.3, 0.4) is 0 Å². The fourth-order valence-corrected chi connectivity index (χ4v) is 3.31. The molecule has 0 aliphatic rings. The third-order valence-electron chi connectivity index (χ3n) is 4.94. The second-order valence-electron chi connectivity index (χ2n) is 7.91. The molecule has 0 radical (unpaired) electrons. The Morgan fingerprint density at radius 1 is 1.06 bits per heavy atom. The van der Waals surface area contributed by atoms with Gasteiger partial charge < -0.3 is 19.6 Å². The Labute approximate surface area is 180 Å². The van der Waals surface area contributed by atoms with Crippen LogP contribution in [0.25, 0.3) is 22.6 Å². The number of hydrogen-bond acceptors (Lipinski definition) is 5. The number of carbonyl (C=O) groups excluding carboxylic acids is 1. The maximum atomic E-state index is 12.2. The van der Waals surface area contributed by atoms with Gasteiger partial charge in [-0.1, -0.05) is 30.3 Å². The lowest BCUT2D eigenvalue weighted by molar-refractivity contribution is -0.118. The van der Waals surface area contributed by atoms with Gasteiger partial charge in [0.1, 0.15) is 11.3 Å². The number of amides is 1. The predicted octanol–water partition coefficient (Wildman–Crippen LogP) is 5.05.